The molecular formula is C27H29N3O4S. The van der Waals surface area contributed by atoms with Crippen molar-refractivity contribution >= 4 is 26.6 Å². The van der Waals surface area contributed by atoms with Gasteiger partial charge in [0.15, 0.2) is 9.84 Å². The lowest BCUT2D eigenvalue weighted by Gasteiger charge is -2.15. The van der Waals surface area contributed by atoms with E-state index in [-0.39, 0.29) is 29.2 Å². The summed E-state index contributed by atoms with van der Waals surface area (Å²) >= 11 is 0. The maximum atomic E-state index is 12.7. The van der Waals surface area contributed by atoms with E-state index in [1.807, 2.05) is 56.4 Å². The number of nitrogens with one attached hydrogen (secondary N) is 1. The first-order valence-electron chi connectivity index (χ1n) is 11.6. The van der Waals surface area contributed by atoms with Crippen molar-refractivity contribution < 1.29 is 17.9 Å². The molecule has 35 heavy (non-hydrogen) atoms. The van der Waals surface area contributed by atoms with Crippen LogP contribution in [0.2, 0.25) is 0 Å². The van der Waals surface area contributed by atoms with Gasteiger partial charge in [0.2, 0.25) is 0 Å². The van der Waals surface area contributed by atoms with Crippen molar-refractivity contribution in [3.63, 3.8) is 0 Å². The Morgan fingerprint density at radius 3 is 2.60 bits per heavy atom. The number of carbonyl (C=O) groups excluding carboxylic acids is 1. The standard InChI is InChI=1S/C27H29N3O4S/c1-4-35(32,33)24-11-10-23(28-17-24)16-29-27(31)21-9-12-25-20(15-21)13-14-30(25)18-22-7-5-6-8-26(22)34-19(2)3/h5-15,17,19H,4,16,18H2,1-3H3,(H,29,31). The summed E-state index contributed by atoms with van der Waals surface area (Å²) in [6.07, 6.45) is 3.43. The zero-order valence-corrected chi connectivity index (χ0v) is 20.9. The highest BCUT2D eigenvalue weighted by Gasteiger charge is 2.13. The molecule has 0 saturated heterocycles. The van der Waals surface area contributed by atoms with E-state index >= 15 is 0 Å². The Kier molecular flexibility index (Phi) is 7.21. The number of carbonyl (C=O) groups is 1. The summed E-state index contributed by atoms with van der Waals surface area (Å²) in [7, 11) is -3.29. The number of hydrogen-bond acceptors (Lipinski definition) is 5. The highest BCUT2D eigenvalue weighted by Crippen LogP contribution is 2.24. The van der Waals surface area contributed by atoms with Crippen LogP contribution in [0.15, 0.2) is 78.0 Å². The summed E-state index contributed by atoms with van der Waals surface area (Å²) in [5.41, 5.74) is 3.24. The molecular weight excluding hydrogens is 462 g/mol. The molecule has 1 N–H and O–H groups in total. The summed E-state index contributed by atoms with van der Waals surface area (Å²) < 4.78 is 31.9. The third-order valence-electron chi connectivity index (χ3n) is 5.68. The Bertz CT molecular complexity index is 1440. The normalized spacial score (nSPS) is 11.7. The van der Waals surface area contributed by atoms with Crippen molar-refractivity contribution in [1.29, 1.82) is 0 Å². The van der Waals surface area contributed by atoms with Crippen LogP contribution >= 0.6 is 0 Å². The molecule has 8 heteroatoms. The fourth-order valence-electron chi connectivity index (χ4n) is 3.81. The first-order chi connectivity index (χ1) is 16.8. The number of amides is 1. The molecule has 4 rings (SSSR count). The van der Waals surface area contributed by atoms with Gasteiger partial charge >= 0.3 is 0 Å². The molecule has 2 heterocycles. The second-order valence-corrected chi connectivity index (χ2v) is 10.8. The van der Waals surface area contributed by atoms with Crippen LogP contribution in [0.5, 0.6) is 5.75 Å². The lowest BCUT2D eigenvalue weighted by atomic mass is 10.1. The lowest BCUT2D eigenvalue weighted by Crippen LogP contribution is -2.23. The molecule has 0 spiro atoms. The quantitative estimate of drug-likeness (QED) is 0.370. The molecule has 2 aromatic heterocycles. The van der Waals surface area contributed by atoms with Crippen LogP contribution in [-0.2, 0) is 22.9 Å². The van der Waals surface area contributed by atoms with Gasteiger partial charge < -0.3 is 14.6 Å². The van der Waals surface area contributed by atoms with E-state index in [9.17, 15) is 13.2 Å². The summed E-state index contributed by atoms with van der Waals surface area (Å²) in [4.78, 5) is 17.1. The smallest absolute Gasteiger partial charge is 0.251 e. The first kappa shape index (κ1) is 24.5. The van der Waals surface area contributed by atoms with Gasteiger partial charge in [-0.3, -0.25) is 9.78 Å². The fraction of sp³-hybridized carbons (Fsp3) is 0.259. The molecule has 7 nitrogen and oxygen atoms in total. The Morgan fingerprint density at radius 1 is 1.09 bits per heavy atom. The molecule has 0 bridgehead atoms. The van der Waals surface area contributed by atoms with Crippen molar-refractivity contribution in [3.8, 4) is 5.75 Å². The number of fused-ring (bicyclic) bond motifs is 1. The number of nitrogens with zero attached hydrogens (tertiary/aromatic N) is 2. The van der Waals surface area contributed by atoms with Gasteiger partial charge in [0, 0.05) is 34.4 Å². The van der Waals surface area contributed by atoms with E-state index in [1.54, 1.807) is 19.1 Å². The van der Waals surface area contributed by atoms with Crippen LogP contribution in [0.4, 0.5) is 0 Å². The number of ether oxygens (including phenoxy) is 1. The van der Waals surface area contributed by atoms with E-state index in [0.29, 0.717) is 17.8 Å². The summed E-state index contributed by atoms with van der Waals surface area (Å²) in [5, 5.41) is 3.82. The molecule has 0 radical (unpaired) electrons. The van der Waals surface area contributed by atoms with Crippen LogP contribution < -0.4 is 10.1 Å². The van der Waals surface area contributed by atoms with E-state index in [2.05, 4.69) is 20.9 Å². The van der Waals surface area contributed by atoms with Crippen molar-refractivity contribution in [2.75, 3.05) is 5.75 Å². The maximum Gasteiger partial charge on any atom is 0.251 e. The van der Waals surface area contributed by atoms with Crippen LogP contribution in [0.1, 0.15) is 42.4 Å². The van der Waals surface area contributed by atoms with Gasteiger partial charge in [-0.15, -0.1) is 0 Å². The van der Waals surface area contributed by atoms with E-state index in [1.165, 1.54) is 12.3 Å². The van der Waals surface area contributed by atoms with Crippen molar-refractivity contribution in [3.05, 3.63) is 89.9 Å². The predicted octanol–water partition coefficient (Wildman–Crippen LogP) is 4.60. The van der Waals surface area contributed by atoms with Gasteiger partial charge in [-0.25, -0.2) is 8.42 Å². The number of benzene rings is 2. The minimum Gasteiger partial charge on any atom is -0.491 e. The number of rotatable bonds is 9. The molecule has 0 aliphatic heterocycles. The number of aromatic nitrogens is 2. The van der Waals surface area contributed by atoms with Crippen LogP contribution in [0.3, 0.4) is 0 Å². The average molecular weight is 492 g/mol. The molecule has 1 amide bonds. The largest absolute Gasteiger partial charge is 0.491 e. The molecule has 0 aliphatic carbocycles. The Hall–Kier alpha value is -3.65. The number of sulfone groups is 1. The summed E-state index contributed by atoms with van der Waals surface area (Å²) in [6, 6.07) is 18.7. The van der Waals surface area contributed by atoms with Crippen LogP contribution in [0, 0.1) is 0 Å². The van der Waals surface area contributed by atoms with Crippen LogP contribution in [-0.4, -0.2) is 35.7 Å². The van der Waals surface area contributed by atoms with E-state index in [0.717, 1.165) is 22.2 Å². The fourth-order valence-corrected chi connectivity index (χ4v) is 4.63. The molecule has 0 saturated carbocycles. The topological polar surface area (TPSA) is 90.3 Å². The monoisotopic (exact) mass is 491 g/mol. The summed E-state index contributed by atoms with van der Waals surface area (Å²) in [5.74, 6) is 0.671. The molecule has 182 valence electrons. The minimum atomic E-state index is -3.29. The lowest BCUT2D eigenvalue weighted by molar-refractivity contribution is 0.0950. The van der Waals surface area contributed by atoms with Crippen molar-refractivity contribution in [1.82, 2.24) is 14.9 Å². The second-order valence-electron chi connectivity index (χ2n) is 8.56. The van der Waals surface area contributed by atoms with Gasteiger partial charge in [-0.1, -0.05) is 25.1 Å². The van der Waals surface area contributed by atoms with Gasteiger partial charge in [0.25, 0.3) is 5.91 Å². The zero-order valence-electron chi connectivity index (χ0n) is 20.1. The van der Waals surface area contributed by atoms with Gasteiger partial charge in [-0.05, 0) is 56.3 Å². The van der Waals surface area contributed by atoms with Gasteiger partial charge in [0.1, 0.15) is 5.75 Å². The molecule has 0 atom stereocenters. The third-order valence-corrected chi connectivity index (χ3v) is 7.40. The molecule has 0 aliphatic rings. The molecule has 0 unspecified atom stereocenters. The van der Waals surface area contributed by atoms with Crippen molar-refractivity contribution in [2.24, 2.45) is 0 Å². The molecule has 0 fully saturated rings. The van der Waals surface area contributed by atoms with Crippen molar-refractivity contribution in [2.45, 2.75) is 44.9 Å². The zero-order chi connectivity index (χ0) is 25.0. The van der Waals surface area contributed by atoms with Gasteiger partial charge in [-0.2, -0.15) is 0 Å². The molecule has 2 aromatic carbocycles. The van der Waals surface area contributed by atoms with Gasteiger partial charge in [0.05, 0.1) is 35.5 Å². The van der Waals surface area contributed by atoms with E-state index in [4.69, 9.17) is 4.74 Å². The minimum absolute atomic E-state index is 0.0210. The maximum absolute atomic E-state index is 12.7. The predicted molar refractivity (Wildman–Crippen MR) is 136 cm³/mol. The highest BCUT2D eigenvalue weighted by molar-refractivity contribution is 7.91. The Labute approximate surface area is 205 Å². The van der Waals surface area contributed by atoms with Crippen LogP contribution in [0.25, 0.3) is 10.9 Å². The Morgan fingerprint density at radius 2 is 1.89 bits per heavy atom. The SMILES string of the molecule is CCS(=O)(=O)c1ccc(CNC(=O)c2ccc3c(ccn3Cc3ccccc3OC(C)C)c2)nc1. The number of pyridine rings is 1. The third kappa shape index (κ3) is 5.71. The number of hydrogen-bond donors (Lipinski definition) is 1. The molecule has 4 aromatic rings. The average Bonchev–Trinajstić information content (AvgIpc) is 3.25. The van der Waals surface area contributed by atoms with E-state index < -0.39 is 9.84 Å². The Balaban J connectivity index is 1.45. The highest BCUT2D eigenvalue weighted by atomic mass is 32.2. The first-order valence-corrected chi connectivity index (χ1v) is 13.2. The summed E-state index contributed by atoms with van der Waals surface area (Å²) in [6.45, 7) is 6.48. The number of para-hydroxylation sites is 1. The second kappa shape index (κ2) is 10.3.